The number of fused-ring (bicyclic) bond motifs is 1. The zero-order valence-electron chi connectivity index (χ0n) is 20.2. The maximum Gasteiger partial charge on any atom is 0.170 e. The smallest absolute Gasteiger partial charge is 0.170 e. The molecule has 1 fully saturated rings. The lowest BCUT2D eigenvalue weighted by atomic mass is 9.91. The zero-order valence-corrected chi connectivity index (χ0v) is 20.2. The summed E-state index contributed by atoms with van der Waals surface area (Å²) in [6.07, 6.45) is 4.53. The second-order valence-corrected chi connectivity index (χ2v) is 9.59. The van der Waals surface area contributed by atoms with E-state index in [4.69, 9.17) is 14.5 Å². The third kappa shape index (κ3) is 5.72. The van der Waals surface area contributed by atoms with Crippen molar-refractivity contribution in [3.8, 4) is 11.8 Å². The first kappa shape index (κ1) is 23.1. The highest BCUT2D eigenvalue weighted by Gasteiger charge is 2.21. The number of benzene rings is 3. The van der Waals surface area contributed by atoms with E-state index in [1.165, 1.54) is 18.4 Å². The standard InChI is InChI=1S/C30H31N3O2/c1-22-17-27(34-21-26-9-7-24(19-31)8-10-26)18-28-29(32-35-30(22)28)12-11-23-13-15-33(16-14-23)20-25-5-3-2-4-6-25/h2-10,17-18,23H,11-16,20-21H2,1H3. The first-order valence-electron chi connectivity index (χ1n) is 12.4. The van der Waals surface area contributed by atoms with E-state index in [9.17, 15) is 0 Å². The molecule has 1 aliphatic rings. The molecule has 0 amide bonds. The summed E-state index contributed by atoms with van der Waals surface area (Å²) in [7, 11) is 0. The number of ether oxygens (including phenoxy) is 1. The Hall–Kier alpha value is -3.62. The Balaban J connectivity index is 1.17. The number of rotatable bonds is 8. The SMILES string of the molecule is Cc1cc(OCc2ccc(C#N)cc2)cc2c(CCC3CCN(Cc4ccccc4)CC3)noc12. The third-order valence-corrected chi connectivity index (χ3v) is 7.04. The van der Waals surface area contributed by atoms with Crippen molar-refractivity contribution >= 4 is 11.0 Å². The number of likely N-dealkylation sites (tertiary alicyclic amines) is 1. The van der Waals surface area contributed by atoms with Crippen LogP contribution in [0.4, 0.5) is 0 Å². The van der Waals surface area contributed by atoms with E-state index in [0.29, 0.717) is 12.2 Å². The minimum absolute atomic E-state index is 0.457. The molecule has 1 aliphatic heterocycles. The first-order valence-corrected chi connectivity index (χ1v) is 12.4. The second-order valence-electron chi connectivity index (χ2n) is 9.59. The van der Waals surface area contributed by atoms with Crippen LogP contribution in [0.1, 0.15) is 47.2 Å². The van der Waals surface area contributed by atoms with Crippen LogP contribution in [0.2, 0.25) is 0 Å². The van der Waals surface area contributed by atoms with Gasteiger partial charge in [-0.15, -0.1) is 0 Å². The molecule has 0 spiro atoms. The molecule has 5 nitrogen and oxygen atoms in total. The highest BCUT2D eigenvalue weighted by molar-refractivity contribution is 5.84. The van der Waals surface area contributed by atoms with Gasteiger partial charge >= 0.3 is 0 Å². The van der Waals surface area contributed by atoms with Crippen molar-refractivity contribution in [3.05, 3.63) is 94.7 Å². The number of piperidine rings is 1. The Morgan fingerprint density at radius 2 is 1.80 bits per heavy atom. The zero-order chi connectivity index (χ0) is 24.0. The number of hydrogen-bond donors (Lipinski definition) is 0. The average Bonchev–Trinajstić information content (AvgIpc) is 3.31. The lowest BCUT2D eigenvalue weighted by Gasteiger charge is -2.31. The molecule has 178 valence electrons. The molecule has 5 heteroatoms. The Bertz CT molecular complexity index is 1300. The number of aromatic nitrogens is 1. The van der Waals surface area contributed by atoms with E-state index in [1.807, 2.05) is 37.3 Å². The van der Waals surface area contributed by atoms with Crippen LogP contribution in [0, 0.1) is 24.2 Å². The van der Waals surface area contributed by atoms with E-state index in [2.05, 4.69) is 52.5 Å². The van der Waals surface area contributed by atoms with E-state index in [1.54, 1.807) is 0 Å². The predicted molar refractivity (Wildman–Crippen MR) is 137 cm³/mol. The molecule has 3 aromatic carbocycles. The molecule has 0 unspecified atom stereocenters. The summed E-state index contributed by atoms with van der Waals surface area (Å²) in [5.74, 6) is 1.55. The van der Waals surface area contributed by atoms with Gasteiger partial charge in [-0.05, 0) is 92.6 Å². The Kier molecular flexibility index (Phi) is 7.11. The highest BCUT2D eigenvalue weighted by Crippen LogP contribution is 2.30. The fourth-order valence-electron chi connectivity index (χ4n) is 4.95. The molecule has 0 bridgehead atoms. The summed E-state index contributed by atoms with van der Waals surface area (Å²) in [6.45, 7) is 5.86. The van der Waals surface area contributed by atoms with Gasteiger partial charge in [0.05, 0.1) is 17.3 Å². The van der Waals surface area contributed by atoms with Gasteiger partial charge < -0.3 is 9.26 Å². The van der Waals surface area contributed by atoms with Crippen LogP contribution in [0.25, 0.3) is 11.0 Å². The first-order chi connectivity index (χ1) is 17.2. The molecular weight excluding hydrogens is 434 g/mol. The van der Waals surface area contributed by atoms with Crippen LogP contribution in [-0.2, 0) is 19.6 Å². The predicted octanol–water partition coefficient (Wildman–Crippen LogP) is 6.43. The van der Waals surface area contributed by atoms with Crippen molar-refractivity contribution in [2.75, 3.05) is 13.1 Å². The molecule has 0 atom stereocenters. The fraction of sp³-hybridized carbons (Fsp3) is 0.333. The molecule has 1 aromatic heterocycles. The van der Waals surface area contributed by atoms with Crippen molar-refractivity contribution in [1.82, 2.24) is 10.1 Å². The molecule has 5 rings (SSSR count). The number of nitrogens with zero attached hydrogens (tertiary/aromatic N) is 3. The highest BCUT2D eigenvalue weighted by atomic mass is 16.5. The van der Waals surface area contributed by atoms with Crippen molar-refractivity contribution in [1.29, 1.82) is 5.26 Å². The Morgan fingerprint density at radius 3 is 2.54 bits per heavy atom. The minimum Gasteiger partial charge on any atom is -0.489 e. The fourth-order valence-corrected chi connectivity index (χ4v) is 4.95. The van der Waals surface area contributed by atoms with Gasteiger partial charge in [0, 0.05) is 11.9 Å². The van der Waals surface area contributed by atoms with Gasteiger partial charge in [-0.1, -0.05) is 47.6 Å². The average molecular weight is 466 g/mol. The minimum atomic E-state index is 0.457. The summed E-state index contributed by atoms with van der Waals surface area (Å²) in [4.78, 5) is 2.57. The second kappa shape index (κ2) is 10.8. The number of hydrogen-bond acceptors (Lipinski definition) is 5. The van der Waals surface area contributed by atoms with Gasteiger partial charge in [0.25, 0.3) is 0 Å². The summed E-state index contributed by atoms with van der Waals surface area (Å²) in [5.41, 5.74) is 5.99. The maximum absolute atomic E-state index is 8.97. The normalized spacial score (nSPS) is 14.7. The third-order valence-electron chi connectivity index (χ3n) is 7.04. The van der Waals surface area contributed by atoms with Gasteiger partial charge in [-0.2, -0.15) is 5.26 Å². The number of nitriles is 1. The monoisotopic (exact) mass is 465 g/mol. The molecule has 0 radical (unpaired) electrons. The lowest BCUT2D eigenvalue weighted by Crippen LogP contribution is -2.33. The van der Waals surface area contributed by atoms with E-state index in [-0.39, 0.29) is 0 Å². The van der Waals surface area contributed by atoms with Crippen molar-refractivity contribution in [2.45, 2.75) is 45.8 Å². The van der Waals surface area contributed by atoms with E-state index in [0.717, 1.165) is 71.9 Å². The van der Waals surface area contributed by atoms with Crippen molar-refractivity contribution in [3.63, 3.8) is 0 Å². The van der Waals surface area contributed by atoms with Crippen LogP contribution in [0.5, 0.6) is 5.75 Å². The molecule has 1 saturated heterocycles. The van der Waals surface area contributed by atoms with Crippen LogP contribution in [0.3, 0.4) is 0 Å². The largest absolute Gasteiger partial charge is 0.489 e. The van der Waals surface area contributed by atoms with Crippen molar-refractivity contribution < 1.29 is 9.26 Å². The van der Waals surface area contributed by atoms with Gasteiger partial charge in [0.2, 0.25) is 0 Å². The summed E-state index contributed by atoms with van der Waals surface area (Å²) < 4.78 is 11.8. The van der Waals surface area contributed by atoms with Gasteiger partial charge in [0.15, 0.2) is 5.58 Å². The summed E-state index contributed by atoms with van der Waals surface area (Å²) in [6, 6.07) is 24.4. The topological polar surface area (TPSA) is 62.3 Å². The van der Waals surface area contributed by atoms with Crippen LogP contribution < -0.4 is 4.74 Å². The Labute approximate surface area is 206 Å². The van der Waals surface area contributed by atoms with Crippen molar-refractivity contribution in [2.24, 2.45) is 5.92 Å². The Morgan fingerprint density at radius 1 is 1.03 bits per heavy atom. The summed E-state index contributed by atoms with van der Waals surface area (Å²) >= 11 is 0. The van der Waals surface area contributed by atoms with E-state index < -0.39 is 0 Å². The maximum atomic E-state index is 8.97. The van der Waals surface area contributed by atoms with Gasteiger partial charge in [0.1, 0.15) is 12.4 Å². The van der Waals surface area contributed by atoms with Crippen LogP contribution in [0.15, 0.2) is 71.3 Å². The molecule has 35 heavy (non-hydrogen) atoms. The summed E-state index contributed by atoms with van der Waals surface area (Å²) in [5, 5.41) is 14.4. The van der Waals surface area contributed by atoms with Crippen LogP contribution in [-0.4, -0.2) is 23.1 Å². The van der Waals surface area contributed by atoms with Gasteiger partial charge in [-0.3, -0.25) is 4.90 Å². The lowest BCUT2D eigenvalue weighted by molar-refractivity contribution is 0.172. The van der Waals surface area contributed by atoms with E-state index >= 15 is 0 Å². The van der Waals surface area contributed by atoms with Gasteiger partial charge in [-0.25, -0.2) is 0 Å². The molecule has 0 N–H and O–H groups in total. The molecular formula is C30H31N3O2. The molecule has 0 saturated carbocycles. The molecule has 0 aliphatic carbocycles. The quantitative estimate of drug-likeness (QED) is 0.300. The van der Waals surface area contributed by atoms with Crippen LogP contribution >= 0.6 is 0 Å². The number of aryl methyl sites for hydroxylation is 2. The molecule has 2 heterocycles. The molecule has 4 aromatic rings.